The highest BCUT2D eigenvalue weighted by Crippen LogP contribution is 2.02. The average Bonchev–Trinajstić information content (AvgIpc) is 2.84. The summed E-state index contributed by atoms with van der Waals surface area (Å²) in [5, 5.41) is 16.4. The minimum Gasteiger partial charge on any atom is -0.478 e. The molecule has 0 amide bonds. The molecule has 0 radical (unpaired) electrons. The highest BCUT2D eigenvalue weighted by atomic mass is 16.6. The maximum atomic E-state index is 11.0. The van der Waals surface area contributed by atoms with E-state index in [0.717, 1.165) is 5.56 Å². The topological polar surface area (TPSA) is 110 Å². The third-order valence-corrected chi connectivity index (χ3v) is 3.59. The summed E-state index contributed by atoms with van der Waals surface area (Å²) >= 11 is 0. The maximum absolute atomic E-state index is 11.0. The van der Waals surface area contributed by atoms with Crippen molar-refractivity contribution in [2.45, 2.75) is 40.6 Å². The van der Waals surface area contributed by atoms with Crippen LogP contribution in [-0.4, -0.2) is 34.4 Å². The molecule has 7 heteroatoms. The Labute approximate surface area is 213 Å². The standard InChI is InChI=1S/C11H12O2.C8H8.C6H10O3.C4H6O2/c1-9(2)11(12)13-8-10-6-4-3-5-7-10;1-2-8-6-4-3-5-7-8;1-4(2)6(8)9-5(3)7;1-3(2)4(5)6/h3-7H,1,8H2,2H3;2-7H,1H2;5,7H,1H2,2-3H3;1H2,2H3,(H,5,6). The van der Waals surface area contributed by atoms with E-state index in [1.54, 1.807) is 6.92 Å². The van der Waals surface area contributed by atoms with Crippen LogP contribution in [0, 0.1) is 0 Å². The van der Waals surface area contributed by atoms with E-state index in [4.69, 9.17) is 14.9 Å². The van der Waals surface area contributed by atoms with Crippen LogP contribution in [0.2, 0.25) is 0 Å². The SMILES string of the molecule is C=C(C)C(=O)O.C=C(C)C(=O)OC(C)O.C=C(C)C(=O)OCc1ccccc1.C=Cc1ccccc1. The summed E-state index contributed by atoms with van der Waals surface area (Å²) in [6.45, 7) is 19.9. The molecule has 0 aliphatic carbocycles. The number of carboxylic acid groups (broad SMARTS) is 1. The second-order valence-electron chi connectivity index (χ2n) is 7.33. The molecule has 194 valence electrons. The van der Waals surface area contributed by atoms with Gasteiger partial charge in [0.05, 0.1) is 0 Å². The Morgan fingerprint density at radius 2 is 1.25 bits per heavy atom. The van der Waals surface area contributed by atoms with Gasteiger partial charge < -0.3 is 19.7 Å². The van der Waals surface area contributed by atoms with Crippen molar-refractivity contribution < 1.29 is 34.1 Å². The van der Waals surface area contributed by atoms with Crippen LogP contribution in [0.15, 0.2) is 104 Å². The molecule has 7 nitrogen and oxygen atoms in total. The minimum atomic E-state index is -1.05. The van der Waals surface area contributed by atoms with Crippen LogP contribution in [0.5, 0.6) is 0 Å². The van der Waals surface area contributed by atoms with Gasteiger partial charge in [-0.3, -0.25) is 0 Å². The number of aliphatic carboxylic acids is 1. The monoisotopic (exact) mass is 496 g/mol. The molecule has 1 atom stereocenters. The molecule has 0 saturated heterocycles. The van der Waals surface area contributed by atoms with E-state index in [1.165, 1.54) is 26.3 Å². The van der Waals surface area contributed by atoms with Crippen LogP contribution in [0.1, 0.15) is 38.8 Å². The lowest BCUT2D eigenvalue weighted by Gasteiger charge is -2.04. The Hall–Kier alpha value is -4.23. The summed E-state index contributed by atoms with van der Waals surface area (Å²) in [5.41, 5.74) is 3.05. The maximum Gasteiger partial charge on any atom is 0.335 e. The molecular formula is C29H36O7. The highest BCUT2D eigenvalue weighted by Gasteiger charge is 2.05. The Bertz CT molecular complexity index is 979. The summed E-state index contributed by atoms with van der Waals surface area (Å²) in [6.07, 6.45) is 0.786. The summed E-state index contributed by atoms with van der Waals surface area (Å²) < 4.78 is 9.28. The van der Waals surface area contributed by atoms with Crippen molar-refractivity contribution in [3.63, 3.8) is 0 Å². The largest absolute Gasteiger partial charge is 0.478 e. The third kappa shape index (κ3) is 20.4. The highest BCUT2D eigenvalue weighted by molar-refractivity contribution is 5.87. The van der Waals surface area contributed by atoms with Crippen LogP contribution >= 0.6 is 0 Å². The molecule has 2 N–H and O–H groups in total. The minimum absolute atomic E-state index is 0.176. The average molecular weight is 497 g/mol. The number of carboxylic acids is 1. The van der Waals surface area contributed by atoms with Gasteiger partial charge in [-0.25, -0.2) is 14.4 Å². The molecule has 0 aliphatic heterocycles. The van der Waals surface area contributed by atoms with Gasteiger partial charge in [0.2, 0.25) is 0 Å². The van der Waals surface area contributed by atoms with Crippen LogP contribution < -0.4 is 0 Å². The molecule has 1 unspecified atom stereocenters. The zero-order valence-corrected chi connectivity index (χ0v) is 21.4. The van der Waals surface area contributed by atoms with Gasteiger partial charge in [0, 0.05) is 16.7 Å². The molecule has 36 heavy (non-hydrogen) atoms. The van der Waals surface area contributed by atoms with Crippen molar-refractivity contribution in [2.75, 3.05) is 0 Å². The molecule has 0 spiro atoms. The van der Waals surface area contributed by atoms with Crippen LogP contribution in [0.25, 0.3) is 6.08 Å². The van der Waals surface area contributed by atoms with Crippen molar-refractivity contribution >= 4 is 24.0 Å². The molecule has 0 heterocycles. The lowest BCUT2D eigenvalue weighted by molar-refractivity contribution is -0.159. The molecule has 0 aromatic heterocycles. The predicted octanol–water partition coefficient (Wildman–Crippen LogP) is 5.73. The summed E-state index contributed by atoms with van der Waals surface area (Å²) in [7, 11) is 0. The third-order valence-electron chi connectivity index (χ3n) is 3.59. The van der Waals surface area contributed by atoms with Gasteiger partial charge >= 0.3 is 17.9 Å². The van der Waals surface area contributed by atoms with Gasteiger partial charge in [-0.2, -0.15) is 0 Å². The number of aliphatic hydroxyl groups excluding tert-OH is 1. The number of ether oxygens (including phenoxy) is 2. The molecule has 0 aliphatic rings. The Morgan fingerprint density at radius 1 is 0.833 bits per heavy atom. The van der Waals surface area contributed by atoms with Gasteiger partial charge in [0.25, 0.3) is 0 Å². The Morgan fingerprint density at radius 3 is 1.53 bits per heavy atom. The molecule has 2 rings (SSSR count). The first kappa shape index (κ1) is 33.9. The number of hydrogen-bond acceptors (Lipinski definition) is 6. The predicted molar refractivity (Wildman–Crippen MR) is 143 cm³/mol. The van der Waals surface area contributed by atoms with E-state index in [-0.39, 0.29) is 17.1 Å². The number of esters is 2. The smallest absolute Gasteiger partial charge is 0.335 e. The van der Waals surface area contributed by atoms with Crippen LogP contribution in [0.3, 0.4) is 0 Å². The normalized spacial score (nSPS) is 9.58. The molecule has 0 saturated carbocycles. The van der Waals surface area contributed by atoms with E-state index in [0.29, 0.717) is 12.2 Å². The van der Waals surface area contributed by atoms with Crippen LogP contribution in [-0.2, 0) is 30.5 Å². The van der Waals surface area contributed by atoms with Gasteiger partial charge in [-0.15, -0.1) is 0 Å². The van der Waals surface area contributed by atoms with Gasteiger partial charge in [-0.1, -0.05) is 93.1 Å². The first-order valence-corrected chi connectivity index (χ1v) is 10.8. The van der Waals surface area contributed by atoms with Crippen LogP contribution in [0.4, 0.5) is 0 Å². The van der Waals surface area contributed by atoms with E-state index in [9.17, 15) is 14.4 Å². The quantitative estimate of drug-likeness (QED) is 0.286. The number of carbonyl (C=O) groups is 3. The number of rotatable bonds is 7. The zero-order chi connectivity index (χ0) is 28.1. The molecule has 2 aromatic rings. The fraction of sp³-hybridized carbons (Fsp3) is 0.207. The number of benzene rings is 2. The van der Waals surface area contributed by atoms with Gasteiger partial charge in [-0.05, 0) is 38.8 Å². The van der Waals surface area contributed by atoms with E-state index >= 15 is 0 Å². The molecule has 0 bridgehead atoms. The van der Waals surface area contributed by atoms with Crippen molar-refractivity contribution in [1.82, 2.24) is 0 Å². The fourth-order valence-corrected chi connectivity index (χ4v) is 1.69. The van der Waals surface area contributed by atoms with Crippen molar-refractivity contribution in [3.05, 3.63) is 115 Å². The zero-order valence-electron chi connectivity index (χ0n) is 21.4. The van der Waals surface area contributed by atoms with Crippen molar-refractivity contribution in [2.24, 2.45) is 0 Å². The lowest BCUT2D eigenvalue weighted by Crippen LogP contribution is -2.13. The van der Waals surface area contributed by atoms with Gasteiger partial charge in [0.15, 0.2) is 6.29 Å². The number of hydrogen-bond donors (Lipinski definition) is 2. The Balaban J connectivity index is 0. The summed E-state index contributed by atoms with van der Waals surface area (Å²) in [4.78, 5) is 31.1. The molecular weight excluding hydrogens is 460 g/mol. The Kier molecular flexibility index (Phi) is 19.0. The van der Waals surface area contributed by atoms with Crippen molar-refractivity contribution in [1.29, 1.82) is 0 Å². The van der Waals surface area contributed by atoms with E-state index < -0.39 is 18.2 Å². The van der Waals surface area contributed by atoms with Gasteiger partial charge in [0.1, 0.15) is 6.61 Å². The lowest BCUT2D eigenvalue weighted by atomic mass is 10.2. The molecule has 2 aromatic carbocycles. The summed E-state index contributed by atoms with van der Waals surface area (Å²) in [6, 6.07) is 19.6. The second-order valence-corrected chi connectivity index (χ2v) is 7.33. The summed E-state index contributed by atoms with van der Waals surface area (Å²) in [5.74, 6) is -1.84. The van der Waals surface area contributed by atoms with Crippen molar-refractivity contribution in [3.8, 4) is 0 Å². The number of carbonyl (C=O) groups excluding carboxylic acids is 2. The fourth-order valence-electron chi connectivity index (χ4n) is 1.69. The van der Waals surface area contributed by atoms with E-state index in [1.807, 2.05) is 66.7 Å². The van der Waals surface area contributed by atoms with E-state index in [2.05, 4.69) is 31.1 Å². The first-order chi connectivity index (χ1) is 16.8. The molecule has 0 fully saturated rings. The number of aliphatic hydroxyl groups is 1. The second kappa shape index (κ2) is 20.2. The first-order valence-electron chi connectivity index (χ1n) is 10.8.